The van der Waals surface area contributed by atoms with E-state index < -0.39 is 23.7 Å². The number of aryl methyl sites for hydroxylation is 2. The van der Waals surface area contributed by atoms with Gasteiger partial charge in [-0.3, -0.25) is 4.79 Å². The number of aliphatic carboxylic acids is 1. The summed E-state index contributed by atoms with van der Waals surface area (Å²) in [5.74, 6) is -1.34. The molecule has 0 aliphatic carbocycles. The van der Waals surface area contributed by atoms with Gasteiger partial charge in [-0.15, -0.1) is 11.3 Å². The lowest BCUT2D eigenvalue weighted by Crippen LogP contribution is -2.42. The molecule has 1 unspecified atom stereocenters. The lowest BCUT2D eigenvalue weighted by Gasteiger charge is -2.18. The molecule has 36 heavy (non-hydrogen) atoms. The number of imidazole rings is 1. The van der Waals surface area contributed by atoms with Gasteiger partial charge in [0.05, 0.1) is 6.54 Å². The summed E-state index contributed by atoms with van der Waals surface area (Å²) in [5.41, 5.74) is 4.23. The number of hydrogen-bond acceptors (Lipinski definition) is 5. The summed E-state index contributed by atoms with van der Waals surface area (Å²) in [4.78, 5) is 33.1. The molecule has 0 saturated carbocycles. The lowest BCUT2D eigenvalue weighted by molar-refractivity contribution is -0.139. The number of halogens is 1. The number of aromatic amines is 1. The molecule has 0 bridgehead atoms. The van der Waals surface area contributed by atoms with Crippen molar-refractivity contribution >= 4 is 29.2 Å². The summed E-state index contributed by atoms with van der Waals surface area (Å²) in [5, 5.41) is 17.7. The zero-order chi connectivity index (χ0) is 25.7. The Morgan fingerprint density at radius 3 is 2.61 bits per heavy atom. The van der Waals surface area contributed by atoms with Crippen molar-refractivity contribution in [1.29, 1.82) is 0 Å². The van der Waals surface area contributed by atoms with E-state index in [0.717, 1.165) is 27.5 Å². The van der Waals surface area contributed by atoms with Crippen LogP contribution in [0.2, 0.25) is 0 Å². The highest BCUT2D eigenvalue weighted by Gasteiger charge is 2.24. The van der Waals surface area contributed by atoms with Crippen LogP contribution in [0.1, 0.15) is 38.8 Å². The largest absolute Gasteiger partial charge is 0.480 e. The maximum absolute atomic E-state index is 13.8. The number of rotatable bonds is 10. The average molecular weight is 507 g/mol. The molecule has 0 aliphatic heterocycles. The number of carbonyl (C=O) groups is 2. The Balaban J connectivity index is 1.42. The van der Waals surface area contributed by atoms with Gasteiger partial charge in [0.25, 0.3) is 5.91 Å². The predicted octanol–water partition coefficient (Wildman–Crippen LogP) is 5.19. The summed E-state index contributed by atoms with van der Waals surface area (Å²) in [7, 11) is 0. The van der Waals surface area contributed by atoms with E-state index in [1.165, 1.54) is 12.1 Å². The maximum Gasteiger partial charge on any atom is 0.326 e. The molecule has 0 radical (unpaired) electrons. The minimum Gasteiger partial charge on any atom is -0.480 e. The molecule has 9 heteroatoms. The number of H-pyrrole nitrogens is 1. The lowest BCUT2D eigenvalue weighted by atomic mass is 9.97. The van der Waals surface area contributed by atoms with Crippen molar-refractivity contribution in [1.82, 2.24) is 15.3 Å². The quantitative estimate of drug-likeness (QED) is 0.237. The normalized spacial score (nSPS) is 11.8. The first-order valence-corrected chi connectivity index (χ1v) is 12.4. The Kier molecular flexibility index (Phi) is 7.80. The highest BCUT2D eigenvalue weighted by molar-refractivity contribution is 7.10. The second-order valence-electron chi connectivity index (χ2n) is 8.47. The predicted molar refractivity (Wildman–Crippen MR) is 139 cm³/mol. The smallest absolute Gasteiger partial charge is 0.326 e. The van der Waals surface area contributed by atoms with Crippen molar-refractivity contribution in [2.75, 3.05) is 5.32 Å². The second-order valence-corrected chi connectivity index (χ2v) is 9.46. The SMILES string of the molecule is CCc1cc(F)cc(C)c1C(=O)NC(Cc1ccc(-c2csc(CNc3ncc[nH]3)c2)cc1)C(=O)O. The van der Waals surface area contributed by atoms with Crippen LogP contribution >= 0.6 is 11.3 Å². The van der Waals surface area contributed by atoms with Crippen LogP contribution in [0, 0.1) is 12.7 Å². The molecule has 4 N–H and O–H groups in total. The zero-order valence-electron chi connectivity index (χ0n) is 20.0. The molecule has 2 aromatic carbocycles. The number of anilines is 1. The summed E-state index contributed by atoms with van der Waals surface area (Å²) >= 11 is 1.64. The number of amides is 1. The molecule has 4 rings (SSSR count). The van der Waals surface area contributed by atoms with Crippen LogP contribution < -0.4 is 10.6 Å². The fourth-order valence-electron chi connectivity index (χ4n) is 4.07. The molecule has 1 atom stereocenters. The molecular formula is C27H27FN4O3S. The molecule has 0 saturated heterocycles. The Labute approximate surface area is 212 Å². The third kappa shape index (κ3) is 5.98. The Morgan fingerprint density at radius 2 is 1.94 bits per heavy atom. The van der Waals surface area contributed by atoms with Crippen LogP contribution in [0.25, 0.3) is 11.1 Å². The van der Waals surface area contributed by atoms with Gasteiger partial charge in [0.2, 0.25) is 0 Å². The molecule has 186 valence electrons. The van der Waals surface area contributed by atoms with Crippen LogP contribution in [0.3, 0.4) is 0 Å². The molecule has 0 spiro atoms. The number of thiophene rings is 1. The van der Waals surface area contributed by atoms with Crippen LogP contribution in [-0.2, 0) is 24.2 Å². The fraction of sp³-hybridized carbons (Fsp3) is 0.222. The monoisotopic (exact) mass is 506 g/mol. The topological polar surface area (TPSA) is 107 Å². The van der Waals surface area contributed by atoms with Gasteiger partial charge in [0.1, 0.15) is 11.9 Å². The minimum atomic E-state index is -1.13. The van der Waals surface area contributed by atoms with E-state index in [-0.39, 0.29) is 6.42 Å². The van der Waals surface area contributed by atoms with Crippen LogP contribution in [0.5, 0.6) is 0 Å². The van der Waals surface area contributed by atoms with Gasteiger partial charge in [0.15, 0.2) is 5.95 Å². The van der Waals surface area contributed by atoms with E-state index in [0.29, 0.717) is 29.7 Å². The van der Waals surface area contributed by atoms with E-state index in [9.17, 15) is 19.1 Å². The van der Waals surface area contributed by atoms with E-state index in [1.807, 2.05) is 31.2 Å². The van der Waals surface area contributed by atoms with Gasteiger partial charge in [-0.05, 0) is 64.7 Å². The van der Waals surface area contributed by atoms with Crippen molar-refractivity contribution in [3.05, 3.63) is 93.2 Å². The molecule has 0 aliphatic rings. The van der Waals surface area contributed by atoms with Crippen molar-refractivity contribution in [2.45, 2.75) is 39.3 Å². The number of hydrogen-bond donors (Lipinski definition) is 4. The molecular weight excluding hydrogens is 479 g/mol. The van der Waals surface area contributed by atoms with E-state index in [4.69, 9.17) is 0 Å². The Morgan fingerprint density at radius 1 is 1.17 bits per heavy atom. The van der Waals surface area contributed by atoms with Gasteiger partial charge in [-0.1, -0.05) is 31.2 Å². The standard InChI is InChI=1S/C27H27FN4O3S/c1-3-18-12-21(28)10-16(2)24(18)25(33)32-23(26(34)35)11-17-4-6-19(7-5-17)20-13-22(36-15-20)14-31-27-29-8-9-30-27/h4-10,12-13,15,23H,3,11,14H2,1-2H3,(H,32,33)(H,34,35)(H2,29,30,31). The first-order chi connectivity index (χ1) is 17.3. The highest BCUT2D eigenvalue weighted by atomic mass is 32.1. The number of nitrogens with one attached hydrogen (secondary N) is 3. The summed E-state index contributed by atoms with van der Waals surface area (Å²) in [6.45, 7) is 4.13. The van der Waals surface area contributed by atoms with Gasteiger partial charge >= 0.3 is 5.97 Å². The third-order valence-corrected chi connectivity index (χ3v) is 6.84. The van der Waals surface area contributed by atoms with E-state index in [1.54, 1.807) is 30.7 Å². The number of carboxylic acid groups (broad SMARTS) is 1. The Hall–Kier alpha value is -3.98. The van der Waals surface area contributed by atoms with Crippen LogP contribution in [-0.4, -0.2) is 33.0 Å². The third-order valence-electron chi connectivity index (χ3n) is 5.90. The van der Waals surface area contributed by atoms with Gasteiger partial charge in [-0.2, -0.15) is 0 Å². The second kappa shape index (κ2) is 11.2. The van der Waals surface area contributed by atoms with Crippen molar-refractivity contribution < 1.29 is 19.1 Å². The van der Waals surface area contributed by atoms with Crippen LogP contribution in [0.15, 0.2) is 60.2 Å². The average Bonchev–Trinajstić information content (AvgIpc) is 3.54. The van der Waals surface area contributed by atoms with Crippen LogP contribution in [0.4, 0.5) is 10.3 Å². The number of carboxylic acids is 1. The maximum atomic E-state index is 13.8. The fourth-order valence-corrected chi connectivity index (χ4v) is 4.91. The first-order valence-electron chi connectivity index (χ1n) is 11.6. The number of aromatic nitrogens is 2. The number of carbonyl (C=O) groups excluding carboxylic acids is 1. The summed E-state index contributed by atoms with van der Waals surface area (Å²) in [6.07, 6.45) is 4.04. The van der Waals surface area contributed by atoms with Gasteiger partial charge in [0, 0.05) is 29.3 Å². The van der Waals surface area contributed by atoms with E-state index >= 15 is 0 Å². The Bertz CT molecular complexity index is 1350. The van der Waals surface area contributed by atoms with Crippen molar-refractivity contribution in [3.8, 4) is 11.1 Å². The van der Waals surface area contributed by atoms with E-state index in [2.05, 4.69) is 32.0 Å². The summed E-state index contributed by atoms with van der Waals surface area (Å²) < 4.78 is 13.8. The zero-order valence-corrected chi connectivity index (χ0v) is 20.8. The molecule has 2 heterocycles. The minimum absolute atomic E-state index is 0.130. The number of benzene rings is 2. The molecule has 2 aromatic heterocycles. The molecule has 7 nitrogen and oxygen atoms in total. The number of nitrogens with zero attached hydrogens (tertiary/aromatic N) is 1. The highest BCUT2D eigenvalue weighted by Crippen LogP contribution is 2.27. The molecule has 1 amide bonds. The molecule has 4 aromatic rings. The van der Waals surface area contributed by atoms with Crippen molar-refractivity contribution in [3.63, 3.8) is 0 Å². The molecule has 0 fully saturated rings. The van der Waals surface area contributed by atoms with Crippen molar-refractivity contribution in [2.24, 2.45) is 0 Å². The van der Waals surface area contributed by atoms with Gasteiger partial charge < -0.3 is 20.7 Å². The first kappa shape index (κ1) is 25.1. The van der Waals surface area contributed by atoms with Gasteiger partial charge in [-0.25, -0.2) is 14.2 Å². The summed E-state index contributed by atoms with van der Waals surface area (Å²) in [6, 6.07) is 11.2.